The van der Waals surface area contributed by atoms with Crippen molar-refractivity contribution in [2.24, 2.45) is 5.16 Å². The second-order valence-corrected chi connectivity index (χ2v) is 8.79. The van der Waals surface area contributed by atoms with Crippen molar-refractivity contribution in [2.45, 2.75) is 36.3 Å². The molecular formula is C17H21N2O10S2-. The molecule has 172 valence electrons. The van der Waals surface area contributed by atoms with Crippen LogP contribution < -0.4 is 4.74 Å². The predicted octanol–water partition coefficient (Wildman–Crippen LogP) is -0.958. The summed E-state index contributed by atoms with van der Waals surface area (Å²) in [5.74, 6) is 0.531. The molecule has 1 aromatic carbocycles. The number of aliphatic hydroxyl groups is 4. The summed E-state index contributed by atoms with van der Waals surface area (Å²) in [7, 11) is -3.68. The summed E-state index contributed by atoms with van der Waals surface area (Å²) >= 11 is 0.672. The number of nitrogens with zero attached hydrogens (tertiary/aromatic N) is 1. The molecule has 1 aliphatic heterocycles. The van der Waals surface area contributed by atoms with E-state index in [0.717, 1.165) is 5.52 Å². The first kappa shape index (κ1) is 23.7. The van der Waals surface area contributed by atoms with Crippen LogP contribution in [0.1, 0.15) is 5.56 Å². The molecule has 5 atom stereocenters. The van der Waals surface area contributed by atoms with Gasteiger partial charge in [-0.2, -0.15) is 8.42 Å². The van der Waals surface area contributed by atoms with E-state index in [1.54, 1.807) is 24.4 Å². The highest BCUT2D eigenvalue weighted by atomic mass is 32.3. The molecule has 0 saturated carbocycles. The molecule has 3 rings (SSSR count). The Bertz CT molecular complexity index is 1040. The van der Waals surface area contributed by atoms with E-state index in [9.17, 15) is 33.4 Å². The molecule has 5 unspecified atom stereocenters. The van der Waals surface area contributed by atoms with Gasteiger partial charge in [-0.3, -0.25) is 4.28 Å². The van der Waals surface area contributed by atoms with E-state index < -0.39 is 46.9 Å². The van der Waals surface area contributed by atoms with Crippen LogP contribution in [0.25, 0.3) is 10.9 Å². The number of methoxy groups -OCH3 is 1. The zero-order chi connectivity index (χ0) is 22.8. The van der Waals surface area contributed by atoms with E-state index in [-0.39, 0.29) is 11.5 Å². The van der Waals surface area contributed by atoms with Crippen LogP contribution in [0.5, 0.6) is 5.75 Å². The lowest BCUT2D eigenvalue weighted by Crippen LogP contribution is -2.57. The molecule has 2 aromatic rings. The lowest BCUT2D eigenvalue weighted by Gasteiger charge is -2.39. The first-order valence-corrected chi connectivity index (χ1v) is 11.2. The van der Waals surface area contributed by atoms with Gasteiger partial charge in [-0.1, -0.05) is 23.0 Å². The molecule has 1 aromatic heterocycles. The van der Waals surface area contributed by atoms with Crippen molar-refractivity contribution in [3.8, 4) is 5.75 Å². The number of H-pyrrole nitrogens is 1. The largest absolute Gasteiger partial charge is 0.714 e. The monoisotopic (exact) mass is 477 g/mol. The normalized spacial score (nSPS) is 27.4. The first-order chi connectivity index (χ1) is 14.6. The van der Waals surface area contributed by atoms with Crippen LogP contribution >= 0.6 is 11.8 Å². The molecule has 14 heteroatoms. The average molecular weight is 477 g/mol. The number of nitrogens with one attached hydrogen (secondary N) is 1. The highest BCUT2D eigenvalue weighted by Gasteiger charge is 2.44. The third-order valence-corrected chi connectivity index (χ3v) is 6.01. The Morgan fingerprint density at radius 3 is 2.68 bits per heavy atom. The maximum absolute atomic E-state index is 10.9. The van der Waals surface area contributed by atoms with E-state index >= 15 is 0 Å². The fourth-order valence-electron chi connectivity index (χ4n) is 3.17. The second kappa shape index (κ2) is 9.70. The second-order valence-electron chi connectivity index (χ2n) is 6.66. The third kappa shape index (κ3) is 5.48. The van der Waals surface area contributed by atoms with Gasteiger partial charge in [-0.25, -0.2) is 0 Å². The van der Waals surface area contributed by atoms with Gasteiger partial charge in [0, 0.05) is 23.5 Å². The quantitative estimate of drug-likeness (QED) is 0.108. The van der Waals surface area contributed by atoms with Crippen LogP contribution in [0.2, 0.25) is 0 Å². The molecule has 31 heavy (non-hydrogen) atoms. The fourth-order valence-corrected chi connectivity index (χ4v) is 4.49. The Kier molecular flexibility index (Phi) is 7.43. The van der Waals surface area contributed by atoms with Gasteiger partial charge in [0.15, 0.2) is 0 Å². The molecule has 0 amide bonds. The minimum atomic E-state index is -5.16. The van der Waals surface area contributed by atoms with Crippen molar-refractivity contribution in [3.63, 3.8) is 0 Å². The summed E-state index contributed by atoms with van der Waals surface area (Å²) in [6, 6.07) is 5.29. The third-order valence-electron chi connectivity index (χ3n) is 4.64. The Balaban J connectivity index is 1.91. The maximum Gasteiger partial charge on any atom is 0.284 e. The summed E-state index contributed by atoms with van der Waals surface area (Å²) in [6.45, 7) is -0.639. The van der Waals surface area contributed by atoms with Gasteiger partial charge < -0.3 is 39.4 Å². The van der Waals surface area contributed by atoms with E-state index in [0.29, 0.717) is 28.5 Å². The Labute approximate surface area is 181 Å². The highest BCUT2D eigenvalue weighted by molar-refractivity contribution is 8.14. The highest BCUT2D eigenvalue weighted by Crippen LogP contribution is 2.33. The predicted molar refractivity (Wildman–Crippen MR) is 108 cm³/mol. The summed E-state index contributed by atoms with van der Waals surface area (Å²) < 4.78 is 47.5. The van der Waals surface area contributed by atoms with Crippen molar-refractivity contribution < 1.29 is 47.2 Å². The van der Waals surface area contributed by atoms with Gasteiger partial charge in [0.25, 0.3) is 10.4 Å². The molecule has 1 aliphatic rings. The van der Waals surface area contributed by atoms with Gasteiger partial charge >= 0.3 is 0 Å². The van der Waals surface area contributed by atoms with Crippen LogP contribution in [0.15, 0.2) is 29.6 Å². The van der Waals surface area contributed by atoms with Crippen molar-refractivity contribution in [2.75, 3.05) is 13.7 Å². The first-order valence-electron chi connectivity index (χ1n) is 8.96. The summed E-state index contributed by atoms with van der Waals surface area (Å²) in [6.07, 6.45) is -4.41. The Morgan fingerprint density at radius 1 is 1.29 bits per heavy atom. The number of hydrogen-bond donors (Lipinski definition) is 5. The standard InChI is InChI=1S/C17H22N2O10S2/c1-27-10-4-2-3-9-13(10)8(6-18-9)5-12(19-29-31(24,25)26)30-17-16(23)15(22)14(21)11(7-20)28-17/h2-4,6,11,14-18,20-23H,5,7H2,1H3,(H,24,25,26)/p-1. The van der Waals surface area contributed by atoms with Crippen LogP contribution in [0, 0.1) is 0 Å². The number of ether oxygens (including phenoxy) is 2. The van der Waals surface area contributed by atoms with E-state index in [1.165, 1.54) is 7.11 Å². The van der Waals surface area contributed by atoms with Crippen molar-refractivity contribution >= 4 is 38.1 Å². The van der Waals surface area contributed by atoms with Crippen molar-refractivity contribution in [1.82, 2.24) is 4.98 Å². The molecule has 0 bridgehead atoms. The van der Waals surface area contributed by atoms with E-state index in [1.807, 2.05) is 0 Å². The fraction of sp³-hybridized carbons (Fsp3) is 0.471. The summed E-state index contributed by atoms with van der Waals surface area (Å²) in [5.41, 5.74) is 0.0819. The zero-order valence-electron chi connectivity index (χ0n) is 16.1. The number of aliphatic hydroxyl groups excluding tert-OH is 4. The number of fused-ring (bicyclic) bond motifs is 1. The van der Waals surface area contributed by atoms with Gasteiger partial charge in [-0.05, 0) is 17.7 Å². The summed E-state index contributed by atoms with van der Waals surface area (Å²) in [5, 5.41) is 43.4. The van der Waals surface area contributed by atoms with Crippen LogP contribution in [-0.2, 0) is 25.8 Å². The number of oxime groups is 1. The van der Waals surface area contributed by atoms with Crippen molar-refractivity contribution in [1.29, 1.82) is 0 Å². The summed E-state index contributed by atoms with van der Waals surface area (Å²) in [4.78, 5) is 3.03. The molecular weight excluding hydrogens is 456 g/mol. The van der Waals surface area contributed by atoms with Crippen LogP contribution in [0.3, 0.4) is 0 Å². The minimum Gasteiger partial charge on any atom is -0.714 e. The maximum atomic E-state index is 10.9. The van der Waals surface area contributed by atoms with Crippen molar-refractivity contribution in [3.05, 3.63) is 30.0 Å². The topological polar surface area (TPSA) is 194 Å². The Morgan fingerprint density at radius 2 is 2.03 bits per heavy atom. The van der Waals surface area contributed by atoms with Crippen LogP contribution in [0.4, 0.5) is 0 Å². The Hall–Kier alpha value is -1.91. The minimum absolute atomic E-state index is 0.0599. The van der Waals surface area contributed by atoms with Gasteiger partial charge in [0.05, 0.1) is 13.7 Å². The van der Waals surface area contributed by atoms with Gasteiger partial charge in [0.1, 0.15) is 40.6 Å². The lowest BCUT2D eigenvalue weighted by atomic mass is 10.0. The molecule has 1 fully saturated rings. The number of hydrogen-bond acceptors (Lipinski definition) is 12. The number of benzene rings is 1. The van der Waals surface area contributed by atoms with E-state index in [2.05, 4.69) is 14.4 Å². The average Bonchev–Trinajstić information content (AvgIpc) is 3.14. The SMILES string of the molecule is COc1cccc2[nH]cc(CC(=NOS(=O)(=O)[O-])SC3OC(CO)C(O)C(O)C3O)c12. The molecule has 5 N–H and O–H groups in total. The number of aromatic amines is 1. The molecule has 12 nitrogen and oxygen atoms in total. The lowest BCUT2D eigenvalue weighted by molar-refractivity contribution is -0.205. The molecule has 0 radical (unpaired) electrons. The molecule has 0 spiro atoms. The van der Waals surface area contributed by atoms with Crippen LogP contribution in [-0.4, -0.2) is 87.0 Å². The van der Waals surface area contributed by atoms with Gasteiger partial charge in [-0.15, -0.1) is 0 Å². The van der Waals surface area contributed by atoms with E-state index in [4.69, 9.17) is 9.47 Å². The molecule has 0 aliphatic carbocycles. The number of thioether (sulfide) groups is 1. The molecule has 2 heterocycles. The number of rotatable bonds is 7. The van der Waals surface area contributed by atoms with Gasteiger partial charge in [0.2, 0.25) is 0 Å². The zero-order valence-corrected chi connectivity index (χ0v) is 17.7. The molecule has 1 saturated heterocycles. The number of aromatic nitrogens is 1. The smallest absolute Gasteiger partial charge is 0.284 e.